The maximum atomic E-state index is 11.9. The number of anilines is 1. The van der Waals surface area contributed by atoms with Gasteiger partial charge in [0.05, 0.1) is 5.92 Å². The quantitative estimate of drug-likeness (QED) is 0.681. The van der Waals surface area contributed by atoms with Crippen molar-refractivity contribution in [1.29, 1.82) is 0 Å². The van der Waals surface area contributed by atoms with E-state index < -0.39 is 5.91 Å². The molecule has 5 N–H and O–H groups in total. The number of rotatable bonds is 3. The molecule has 0 aromatic heterocycles. The lowest BCUT2D eigenvalue weighted by atomic mass is 10.1. The Balaban J connectivity index is 1.99. The molecule has 0 aliphatic heterocycles. The smallest absolute Gasteiger partial charge is 0.248 e. The first-order valence-electron chi connectivity index (χ1n) is 5.71. The summed E-state index contributed by atoms with van der Waals surface area (Å²) in [6.07, 6.45) is 4.28. The van der Waals surface area contributed by atoms with Crippen molar-refractivity contribution in [2.75, 3.05) is 5.32 Å². The van der Waals surface area contributed by atoms with Crippen LogP contribution < -0.4 is 16.8 Å². The van der Waals surface area contributed by atoms with Gasteiger partial charge in [0.2, 0.25) is 11.8 Å². The third kappa shape index (κ3) is 2.75. The fraction of sp³-hybridized carbons (Fsp3) is 0.231. The van der Waals surface area contributed by atoms with Crippen molar-refractivity contribution >= 4 is 17.5 Å². The monoisotopic (exact) mass is 245 g/mol. The van der Waals surface area contributed by atoms with Crippen LogP contribution in [0.3, 0.4) is 0 Å². The average molecular weight is 245 g/mol. The van der Waals surface area contributed by atoms with Gasteiger partial charge in [-0.25, -0.2) is 0 Å². The van der Waals surface area contributed by atoms with Crippen molar-refractivity contribution in [2.24, 2.45) is 17.4 Å². The maximum absolute atomic E-state index is 11.9. The third-order valence-electron chi connectivity index (χ3n) is 2.89. The third-order valence-corrected chi connectivity index (χ3v) is 2.89. The molecule has 0 saturated carbocycles. The highest BCUT2D eigenvalue weighted by atomic mass is 16.2. The summed E-state index contributed by atoms with van der Waals surface area (Å²) in [5.74, 6) is -0.764. The normalized spacial score (nSPS) is 21.8. The summed E-state index contributed by atoms with van der Waals surface area (Å²) in [5.41, 5.74) is 11.9. The van der Waals surface area contributed by atoms with Crippen LogP contribution in [0.25, 0.3) is 0 Å². The number of nitrogens with one attached hydrogen (secondary N) is 1. The van der Waals surface area contributed by atoms with Crippen LogP contribution in [0.1, 0.15) is 16.8 Å². The Morgan fingerprint density at radius 2 is 1.83 bits per heavy atom. The summed E-state index contributed by atoms with van der Waals surface area (Å²) in [7, 11) is 0. The number of benzene rings is 1. The molecule has 0 spiro atoms. The van der Waals surface area contributed by atoms with Gasteiger partial charge in [-0.1, -0.05) is 12.2 Å². The van der Waals surface area contributed by atoms with E-state index in [2.05, 4.69) is 5.32 Å². The molecule has 1 aliphatic rings. The van der Waals surface area contributed by atoms with E-state index in [-0.39, 0.29) is 17.9 Å². The SMILES string of the molecule is NC(=O)c1ccc(NC(=O)C2C=CC(N)C2)cc1. The van der Waals surface area contributed by atoms with Crippen molar-refractivity contribution < 1.29 is 9.59 Å². The summed E-state index contributed by atoms with van der Waals surface area (Å²) >= 11 is 0. The standard InChI is InChI=1S/C13H15N3O2/c14-10-4-1-9(7-10)13(18)16-11-5-2-8(3-6-11)12(15)17/h1-6,9-10H,7,14H2,(H2,15,17)(H,16,18). The predicted molar refractivity (Wildman–Crippen MR) is 68.8 cm³/mol. The molecule has 1 aliphatic carbocycles. The Morgan fingerprint density at radius 3 is 2.33 bits per heavy atom. The lowest BCUT2D eigenvalue weighted by molar-refractivity contribution is -0.118. The molecule has 1 aromatic carbocycles. The fourth-order valence-corrected chi connectivity index (χ4v) is 1.87. The van der Waals surface area contributed by atoms with Gasteiger partial charge in [0.15, 0.2) is 0 Å². The Hall–Kier alpha value is -2.14. The van der Waals surface area contributed by atoms with Crippen molar-refractivity contribution in [2.45, 2.75) is 12.5 Å². The van der Waals surface area contributed by atoms with Gasteiger partial charge in [0.25, 0.3) is 0 Å². The van der Waals surface area contributed by atoms with E-state index in [4.69, 9.17) is 11.5 Å². The van der Waals surface area contributed by atoms with Crippen molar-refractivity contribution in [1.82, 2.24) is 0 Å². The molecular formula is C13H15N3O2. The summed E-state index contributed by atoms with van der Waals surface area (Å²) in [6, 6.07) is 6.41. The first-order valence-corrected chi connectivity index (χ1v) is 5.71. The minimum atomic E-state index is -0.488. The van der Waals surface area contributed by atoms with Crippen molar-refractivity contribution in [3.63, 3.8) is 0 Å². The Labute approximate surface area is 105 Å². The van der Waals surface area contributed by atoms with Gasteiger partial charge >= 0.3 is 0 Å². The number of primary amides is 1. The lowest BCUT2D eigenvalue weighted by Crippen LogP contribution is -2.24. The summed E-state index contributed by atoms with van der Waals surface area (Å²) in [6.45, 7) is 0. The molecule has 2 unspecified atom stereocenters. The lowest BCUT2D eigenvalue weighted by Gasteiger charge is -2.10. The second-order valence-electron chi connectivity index (χ2n) is 4.32. The van der Waals surface area contributed by atoms with Gasteiger partial charge in [0, 0.05) is 17.3 Å². The van der Waals surface area contributed by atoms with Crippen LogP contribution in [0.5, 0.6) is 0 Å². The molecule has 0 fully saturated rings. The molecule has 5 nitrogen and oxygen atoms in total. The molecule has 2 atom stereocenters. The number of carbonyl (C=O) groups excluding carboxylic acids is 2. The molecule has 94 valence electrons. The highest BCUT2D eigenvalue weighted by molar-refractivity contribution is 5.96. The number of carbonyl (C=O) groups is 2. The Bertz CT molecular complexity index is 493. The topological polar surface area (TPSA) is 98.2 Å². The fourth-order valence-electron chi connectivity index (χ4n) is 1.87. The molecule has 0 bridgehead atoms. The van der Waals surface area contributed by atoms with Crippen molar-refractivity contribution in [3.05, 3.63) is 42.0 Å². The highest BCUT2D eigenvalue weighted by Gasteiger charge is 2.22. The highest BCUT2D eigenvalue weighted by Crippen LogP contribution is 2.19. The zero-order chi connectivity index (χ0) is 13.1. The molecule has 0 saturated heterocycles. The summed E-state index contributed by atoms with van der Waals surface area (Å²) in [5, 5.41) is 2.77. The van der Waals surface area contributed by atoms with E-state index in [0.717, 1.165) is 0 Å². The zero-order valence-electron chi connectivity index (χ0n) is 9.80. The number of nitrogens with two attached hydrogens (primary N) is 2. The van der Waals surface area contributed by atoms with Crippen LogP contribution in [0.15, 0.2) is 36.4 Å². The second kappa shape index (κ2) is 5.01. The van der Waals surface area contributed by atoms with Gasteiger partial charge < -0.3 is 16.8 Å². The van der Waals surface area contributed by atoms with E-state index in [1.165, 1.54) is 0 Å². The van der Waals surface area contributed by atoms with Crippen LogP contribution in [-0.2, 0) is 4.79 Å². The van der Waals surface area contributed by atoms with E-state index in [0.29, 0.717) is 17.7 Å². The van der Waals surface area contributed by atoms with Crippen molar-refractivity contribution in [3.8, 4) is 0 Å². The van der Waals surface area contributed by atoms with Crippen LogP contribution in [-0.4, -0.2) is 17.9 Å². The predicted octanol–water partition coefficient (Wildman–Crippen LogP) is 0.627. The van der Waals surface area contributed by atoms with Gasteiger partial charge in [-0.05, 0) is 30.7 Å². The molecule has 2 rings (SSSR count). The van der Waals surface area contributed by atoms with Gasteiger partial charge in [-0.2, -0.15) is 0 Å². The minimum absolute atomic E-state index is 0.0435. The first kappa shape index (κ1) is 12.3. The van der Waals surface area contributed by atoms with E-state index in [1.54, 1.807) is 24.3 Å². The summed E-state index contributed by atoms with van der Waals surface area (Å²) < 4.78 is 0. The molecule has 0 heterocycles. The Morgan fingerprint density at radius 1 is 1.17 bits per heavy atom. The number of amides is 2. The molecule has 18 heavy (non-hydrogen) atoms. The molecule has 0 radical (unpaired) electrons. The van der Waals surface area contributed by atoms with Gasteiger partial charge in [0.1, 0.15) is 0 Å². The van der Waals surface area contributed by atoms with Crippen LogP contribution >= 0.6 is 0 Å². The number of hydrogen-bond acceptors (Lipinski definition) is 3. The molecular weight excluding hydrogens is 230 g/mol. The first-order chi connectivity index (χ1) is 8.56. The van der Waals surface area contributed by atoms with Crippen LogP contribution in [0.4, 0.5) is 5.69 Å². The largest absolute Gasteiger partial charge is 0.366 e. The minimum Gasteiger partial charge on any atom is -0.366 e. The molecule has 5 heteroatoms. The van der Waals surface area contributed by atoms with Crippen LogP contribution in [0, 0.1) is 5.92 Å². The average Bonchev–Trinajstić information content (AvgIpc) is 2.76. The van der Waals surface area contributed by atoms with Crippen LogP contribution in [0.2, 0.25) is 0 Å². The van der Waals surface area contributed by atoms with E-state index >= 15 is 0 Å². The zero-order valence-corrected chi connectivity index (χ0v) is 9.80. The number of hydrogen-bond donors (Lipinski definition) is 3. The Kier molecular flexibility index (Phi) is 3.43. The maximum Gasteiger partial charge on any atom is 0.248 e. The second-order valence-corrected chi connectivity index (χ2v) is 4.32. The summed E-state index contributed by atoms with van der Waals surface area (Å²) in [4.78, 5) is 22.8. The van der Waals surface area contributed by atoms with Gasteiger partial charge in [-0.15, -0.1) is 0 Å². The molecule has 1 aromatic rings. The van der Waals surface area contributed by atoms with Gasteiger partial charge in [-0.3, -0.25) is 9.59 Å². The van der Waals surface area contributed by atoms with E-state index in [1.807, 2.05) is 12.2 Å². The molecule has 2 amide bonds. The van der Waals surface area contributed by atoms with E-state index in [9.17, 15) is 9.59 Å².